The van der Waals surface area contributed by atoms with E-state index in [4.69, 9.17) is 21.6 Å². The number of amidine groups is 1. The number of aromatic nitrogens is 3. The largest absolute Gasteiger partial charge is 0.419 e. The van der Waals surface area contributed by atoms with Crippen LogP contribution >= 0.6 is 0 Å². The van der Waals surface area contributed by atoms with Crippen molar-refractivity contribution in [1.29, 1.82) is 5.41 Å². The van der Waals surface area contributed by atoms with Crippen LogP contribution in [0.5, 0.6) is 0 Å². The smallest absolute Gasteiger partial charge is 0.293 e. The molecule has 2 aliphatic heterocycles. The molecule has 2 aliphatic rings. The van der Waals surface area contributed by atoms with Crippen molar-refractivity contribution >= 4 is 23.9 Å². The van der Waals surface area contributed by atoms with Gasteiger partial charge in [-0.2, -0.15) is 20.0 Å². The molecule has 0 spiro atoms. The SMILES string of the molecule is N=c1nc2n3c(n1)NC(N)=NC3OC(N)=N2. The van der Waals surface area contributed by atoms with Gasteiger partial charge in [0, 0.05) is 0 Å². The van der Waals surface area contributed by atoms with Gasteiger partial charge in [-0.05, 0) is 0 Å². The standard InChI is InChI=1S/C6H7N9O/c7-1-10-4-12-2(8)13-6-15(4)5(11-1)14-3(9)16-6/h6H,(H6,7,8,9,10,11,12,13,14). The van der Waals surface area contributed by atoms with Crippen molar-refractivity contribution in [2.45, 2.75) is 6.35 Å². The predicted octanol–water partition coefficient (Wildman–Crippen LogP) is -2.07. The molecule has 3 rings (SSSR count). The third-order valence-electron chi connectivity index (χ3n) is 2.01. The number of anilines is 1. The van der Waals surface area contributed by atoms with Gasteiger partial charge in [0.2, 0.25) is 23.5 Å². The average Bonchev–Trinajstić information content (AvgIpc) is 2.14. The Morgan fingerprint density at radius 2 is 2.19 bits per heavy atom. The highest BCUT2D eigenvalue weighted by molar-refractivity contribution is 5.92. The average molecular weight is 221 g/mol. The first-order chi connectivity index (χ1) is 7.63. The van der Waals surface area contributed by atoms with Gasteiger partial charge in [-0.3, -0.25) is 10.7 Å². The van der Waals surface area contributed by atoms with Gasteiger partial charge >= 0.3 is 0 Å². The second-order valence-electron chi connectivity index (χ2n) is 3.07. The summed E-state index contributed by atoms with van der Waals surface area (Å²) in [4.78, 5) is 15.4. The maximum Gasteiger partial charge on any atom is 0.293 e. The molecular weight excluding hydrogens is 214 g/mol. The Labute approximate surface area is 88.2 Å². The van der Waals surface area contributed by atoms with E-state index in [2.05, 4.69) is 25.3 Å². The Bertz CT molecular complexity index is 584. The van der Waals surface area contributed by atoms with Crippen molar-refractivity contribution in [1.82, 2.24) is 14.5 Å². The fourth-order valence-corrected chi connectivity index (χ4v) is 1.43. The van der Waals surface area contributed by atoms with Gasteiger partial charge < -0.3 is 16.2 Å². The topological polar surface area (TPSA) is 153 Å². The Kier molecular flexibility index (Phi) is 1.45. The second kappa shape index (κ2) is 2.68. The minimum absolute atomic E-state index is 0.0764. The van der Waals surface area contributed by atoms with Gasteiger partial charge in [0.15, 0.2) is 0 Å². The van der Waals surface area contributed by atoms with Crippen LogP contribution in [0.3, 0.4) is 0 Å². The normalized spacial score (nSPS) is 21.1. The van der Waals surface area contributed by atoms with Crippen molar-refractivity contribution in [3.8, 4) is 0 Å². The van der Waals surface area contributed by atoms with E-state index in [1.54, 1.807) is 0 Å². The van der Waals surface area contributed by atoms with E-state index in [1.807, 2.05) is 0 Å². The summed E-state index contributed by atoms with van der Waals surface area (Å²) in [5.74, 6) is 0.625. The van der Waals surface area contributed by atoms with E-state index in [1.165, 1.54) is 4.57 Å². The third-order valence-corrected chi connectivity index (χ3v) is 2.01. The lowest BCUT2D eigenvalue weighted by atomic mass is 10.6. The zero-order chi connectivity index (χ0) is 11.3. The maximum atomic E-state index is 7.39. The van der Waals surface area contributed by atoms with Crippen LogP contribution < -0.4 is 22.4 Å². The lowest BCUT2D eigenvalue weighted by Gasteiger charge is -2.28. The molecule has 0 amide bonds. The molecule has 0 aromatic carbocycles. The van der Waals surface area contributed by atoms with Crippen molar-refractivity contribution in [3.63, 3.8) is 0 Å². The molecule has 1 unspecified atom stereocenters. The third kappa shape index (κ3) is 1.09. The summed E-state index contributed by atoms with van der Waals surface area (Å²) in [7, 11) is 0. The van der Waals surface area contributed by atoms with Gasteiger partial charge in [-0.25, -0.2) is 4.57 Å². The summed E-state index contributed by atoms with van der Waals surface area (Å²) in [6.07, 6.45) is -0.774. The highest BCUT2D eigenvalue weighted by Gasteiger charge is 2.28. The molecule has 0 bridgehead atoms. The molecule has 0 fully saturated rings. The molecule has 6 N–H and O–H groups in total. The summed E-state index contributed by atoms with van der Waals surface area (Å²) in [5.41, 5.74) is 10.8. The van der Waals surface area contributed by atoms with Crippen LogP contribution in [0.4, 0.5) is 11.9 Å². The fourth-order valence-electron chi connectivity index (χ4n) is 1.43. The summed E-state index contributed by atoms with van der Waals surface area (Å²) in [6.45, 7) is 0. The summed E-state index contributed by atoms with van der Waals surface area (Å²) in [6, 6.07) is -0.0764. The number of hydrogen-bond acceptors (Lipinski definition) is 9. The highest BCUT2D eigenvalue weighted by Crippen LogP contribution is 2.28. The number of nitrogens with two attached hydrogens (primary N) is 2. The minimum Gasteiger partial charge on any atom is -0.419 e. The number of guanidine groups is 1. The van der Waals surface area contributed by atoms with E-state index >= 15 is 0 Å². The molecule has 0 radical (unpaired) electrons. The molecule has 0 saturated carbocycles. The number of ether oxygens (including phenoxy) is 1. The molecule has 3 heterocycles. The Hall–Kier alpha value is -2.65. The fraction of sp³-hybridized carbons (Fsp3) is 0.167. The van der Waals surface area contributed by atoms with Crippen molar-refractivity contribution in [2.75, 3.05) is 5.32 Å². The predicted molar refractivity (Wildman–Crippen MR) is 52.5 cm³/mol. The van der Waals surface area contributed by atoms with Gasteiger partial charge in [0.1, 0.15) is 0 Å². The van der Waals surface area contributed by atoms with E-state index in [9.17, 15) is 0 Å². The Morgan fingerprint density at radius 3 is 3.00 bits per heavy atom. The van der Waals surface area contributed by atoms with Crippen LogP contribution in [0.25, 0.3) is 0 Å². The first kappa shape index (κ1) is 8.64. The van der Waals surface area contributed by atoms with Gasteiger partial charge in [-0.15, -0.1) is 0 Å². The summed E-state index contributed by atoms with van der Waals surface area (Å²) in [5, 5.41) is 10.1. The van der Waals surface area contributed by atoms with E-state index in [-0.39, 0.29) is 23.5 Å². The zero-order valence-electron chi connectivity index (χ0n) is 7.88. The zero-order valence-corrected chi connectivity index (χ0v) is 7.88. The van der Waals surface area contributed by atoms with Crippen LogP contribution in [-0.4, -0.2) is 26.5 Å². The first-order valence-corrected chi connectivity index (χ1v) is 4.30. The summed E-state index contributed by atoms with van der Waals surface area (Å²) >= 11 is 0. The molecular formula is C6H7N9O. The lowest BCUT2D eigenvalue weighted by Crippen LogP contribution is -2.39. The van der Waals surface area contributed by atoms with Gasteiger partial charge in [-0.1, -0.05) is 0 Å². The number of hydrogen-bond donors (Lipinski definition) is 4. The van der Waals surface area contributed by atoms with E-state index in [0.717, 1.165) is 0 Å². The molecule has 1 aromatic heterocycles. The Balaban J connectivity index is 2.31. The van der Waals surface area contributed by atoms with Crippen LogP contribution in [0.1, 0.15) is 6.35 Å². The minimum atomic E-state index is -0.774. The first-order valence-electron chi connectivity index (χ1n) is 4.30. The number of aliphatic imine (C=N–C) groups is 2. The van der Waals surface area contributed by atoms with Crippen LogP contribution in [0.2, 0.25) is 0 Å². The highest BCUT2D eigenvalue weighted by atomic mass is 16.5. The van der Waals surface area contributed by atoms with Crippen LogP contribution in [0, 0.1) is 5.41 Å². The molecule has 0 saturated heterocycles. The second-order valence-corrected chi connectivity index (χ2v) is 3.07. The van der Waals surface area contributed by atoms with E-state index < -0.39 is 6.35 Å². The Morgan fingerprint density at radius 1 is 1.38 bits per heavy atom. The monoisotopic (exact) mass is 221 g/mol. The van der Waals surface area contributed by atoms with Crippen LogP contribution in [0.15, 0.2) is 9.98 Å². The maximum absolute atomic E-state index is 7.39. The number of nitrogens with zero attached hydrogens (tertiary/aromatic N) is 5. The number of nitrogens with one attached hydrogen (secondary N) is 2. The molecule has 1 atom stereocenters. The van der Waals surface area contributed by atoms with Crippen molar-refractivity contribution in [3.05, 3.63) is 5.62 Å². The van der Waals surface area contributed by atoms with Gasteiger partial charge in [0.25, 0.3) is 12.4 Å². The molecule has 16 heavy (non-hydrogen) atoms. The van der Waals surface area contributed by atoms with E-state index in [0.29, 0.717) is 5.95 Å². The van der Waals surface area contributed by atoms with Gasteiger partial charge in [0.05, 0.1) is 0 Å². The van der Waals surface area contributed by atoms with Crippen molar-refractivity contribution < 1.29 is 4.74 Å². The molecule has 10 nitrogen and oxygen atoms in total. The number of rotatable bonds is 0. The molecule has 10 heteroatoms. The molecule has 1 aromatic rings. The quantitative estimate of drug-likeness (QED) is 0.394. The van der Waals surface area contributed by atoms with Crippen LogP contribution in [-0.2, 0) is 4.74 Å². The molecule has 0 aliphatic carbocycles. The van der Waals surface area contributed by atoms with Crippen molar-refractivity contribution in [2.24, 2.45) is 21.5 Å². The lowest BCUT2D eigenvalue weighted by molar-refractivity contribution is 0.116. The summed E-state index contributed by atoms with van der Waals surface area (Å²) < 4.78 is 6.60. The molecule has 82 valence electrons.